The fourth-order valence-corrected chi connectivity index (χ4v) is 4.75. The standard InChI is InChI=1S/C31H36ClN3O2/c1-23-13-12-18-29(24(23)2)37-22-11-10-21-35-28-17-8-7-16-27(28)34-30(35)19-4-3-9-20-33-31(36)25-14-5-6-15-26(25)32/h5-8,12-18H,3-4,9-11,19-22H2,1-2H3,(H,33,36). The van der Waals surface area contributed by atoms with Gasteiger partial charge in [0.05, 0.1) is 28.2 Å². The van der Waals surface area contributed by atoms with Gasteiger partial charge in [-0.1, -0.05) is 54.4 Å². The third kappa shape index (κ3) is 7.14. The predicted molar refractivity (Wildman–Crippen MR) is 152 cm³/mol. The maximum atomic E-state index is 12.3. The normalized spacial score (nSPS) is 11.1. The Hall–Kier alpha value is -3.31. The van der Waals surface area contributed by atoms with Crippen LogP contribution in [0, 0.1) is 13.8 Å². The number of para-hydroxylation sites is 2. The van der Waals surface area contributed by atoms with Crippen LogP contribution in [0.2, 0.25) is 5.02 Å². The highest BCUT2D eigenvalue weighted by molar-refractivity contribution is 6.33. The van der Waals surface area contributed by atoms with Crippen LogP contribution in [0.5, 0.6) is 5.75 Å². The van der Waals surface area contributed by atoms with Gasteiger partial charge in [0, 0.05) is 19.5 Å². The molecule has 0 radical (unpaired) electrons. The van der Waals surface area contributed by atoms with Crippen LogP contribution in [0.4, 0.5) is 0 Å². The number of aryl methyl sites for hydroxylation is 3. The summed E-state index contributed by atoms with van der Waals surface area (Å²) in [5.41, 5.74) is 5.25. The van der Waals surface area contributed by atoms with E-state index in [2.05, 4.69) is 48.0 Å². The van der Waals surface area contributed by atoms with Gasteiger partial charge >= 0.3 is 0 Å². The van der Waals surface area contributed by atoms with E-state index in [1.54, 1.807) is 12.1 Å². The van der Waals surface area contributed by atoms with Crippen molar-refractivity contribution in [1.29, 1.82) is 0 Å². The minimum atomic E-state index is -0.117. The number of unbranched alkanes of at least 4 members (excludes halogenated alkanes) is 3. The molecule has 0 unspecified atom stereocenters. The molecule has 1 heterocycles. The zero-order valence-electron chi connectivity index (χ0n) is 21.8. The third-order valence-corrected chi connectivity index (χ3v) is 7.13. The van der Waals surface area contributed by atoms with Crippen molar-refractivity contribution >= 4 is 28.5 Å². The SMILES string of the molecule is Cc1cccc(OCCCCn2c(CCCCCNC(=O)c3ccccc3Cl)nc3ccccc32)c1C. The Morgan fingerprint density at radius 2 is 1.73 bits per heavy atom. The molecule has 4 rings (SSSR count). The molecule has 6 heteroatoms. The molecule has 1 amide bonds. The van der Waals surface area contributed by atoms with Crippen molar-refractivity contribution in [3.05, 3.63) is 94.3 Å². The molecular formula is C31H36ClN3O2. The van der Waals surface area contributed by atoms with Gasteiger partial charge in [0.2, 0.25) is 0 Å². The van der Waals surface area contributed by atoms with Crippen molar-refractivity contribution in [2.45, 2.75) is 58.9 Å². The molecule has 0 bridgehead atoms. The van der Waals surface area contributed by atoms with Gasteiger partial charge in [0.15, 0.2) is 0 Å². The molecule has 1 N–H and O–H groups in total. The quantitative estimate of drug-likeness (QED) is 0.189. The van der Waals surface area contributed by atoms with Gasteiger partial charge in [-0.25, -0.2) is 4.98 Å². The van der Waals surface area contributed by atoms with E-state index in [0.717, 1.165) is 62.2 Å². The summed E-state index contributed by atoms with van der Waals surface area (Å²) < 4.78 is 8.41. The smallest absolute Gasteiger partial charge is 0.252 e. The summed E-state index contributed by atoms with van der Waals surface area (Å²) in [5, 5.41) is 3.46. The molecule has 37 heavy (non-hydrogen) atoms. The number of nitrogens with zero attached hydrogens (tertiary/aromatic N) is 2. The van der Waals surface area contributed by atoms with Crippen LogP contribution in [-0.2, 0) is 13.0 Å². The van der Waals surface area contributed by atoms with E-state index < -0.39 is 0 Å². The lowest BCUT2D eigenvalue weighted by Crippen LogP contribution is -2.24. The number of carbonyl (C=O) groups is 1. The van der Waals surface area contributed by atoms with Crippen molar-refractivity contribution in [2.24, 2.45) is 0 Å². The first-order valence-corrected chi connectivity index (χ1v) is 13.6. The Morgan fingerprint density at radius 1 is 0.919 bits per heavy atom. The summed E-state index contributed by atoms with van der Waals surface area (Å²) in [6.07, 6.45) is 5.92. The first-order valence-electron chi connectivity index (χ1n) is 13.2. The van der Waals surface area contributed by atoms with Crippen molar-refractivity contribution in [1.82, 2.24) is 14.9 Å². The number of amides is 1. The van der Waals surface area contributed by atoms with Crippen molar-refractivity contribution in [3.63, 3.8) is 0 Å². The number of ether oxygens (including phenoxy) is 1. The van der Waals surface area contributed by atoms with Gasteiger partial charge in [-0.3, -0.25) is 4.79 Å². The molecule has 0 aliphatic carbocycles. The Kier molecular flexibility index (Phi) is 9.61. The fourth-order valence-electron chi connectivity index (χ4n) is 4.53. The maximum absolute atomic E-state index is 12.3. The van der Waals surface area contributed by atoms with E-state index in [1.165, 1.54) is 16.6 Å². The number of fused-ring (bicyclic) bond motifs is 1. The highest BCUT2D eigenvalue weighted by Crippen LogP contribution is 2.22. The Balaban J connectivity index is 1.23. The van der Waals surface area contributed by atoms with Crippen LogP contribution in [-0.4, -0.2) is 28.6 Å². The summed E-state index contributed by atoms with van der Waals surface area (Å²) in [6.45, 7) is 6.51. The van der Waals surface area contributed by atoms with E-state index in [0.29, 0.717) is 23.7 Å². The lowest BCUT2D eigenvalue weighted by Gasteiger charge is -2.12. The maximum Gasteiger partial charge on any atom is 0.252 e. The van der Waals surface area contributed by atoms with E-state index >= 15 is 0 Å². The van der Waals surface area contributed by atoms with Crippen LogP contribution in [0.1, 0.15) is 59.4 Å². The number of hydrogen-bond acceptors (Lipinski definition) is 3. The first kappa shape index (κ1) is 26.7. The van der Waals surface area contributed by atoms with Gasteiger partial charge in [-0.05, 0) is 81.0 Å². The molecule has 0 fully saturated rings. The van der Waals surface area contributed by atoms with Crippen LogP contribution in [0.3, 0.4) is 0 Å². The number of imidazole rings is 1. The molecule has 3 aromatic carbocycles. The van der Waals surface area contributed by atoms with Crippen LogP contribution in [0.15, 0.2) is 66.7 Å². The minimum Gasteiger partial charge on any atom is -0.493 e. The number of carbonyl (C=O) groups excluding carboxylic acids is 1. The molecule has 4 aromatic rings. The van der Waals surface area contributed by atoms with Gasteiger partial charge in [0.1, 0.15) is 11.6 Å². The van der Waals surface area contributed by atoms with Crippen LogP contribution >= 0.6 is 11.6 Å². The number of nitrogens with one attached hydrogen (secondary N) is 1. The summed E-state index contributed by atoms with van der Waals surface area (Å²) in [4.78, 5) is 17.2. The second-order valence-corrected chi connectivity index (χ2v) is 9.88. The lowest BCUT2D eigenvalue weighted by molar-refractivity contribution is 0.0953. The monoisotopic (exact) mass is 517 g/mol. The molecule has 5 nitrogen and oxygen atoms in total. The molecule has 0 atom stereocenters. The molecule has 0 saturated carbocycles. The molecule has 194 valence electrons. The summed E-state index contributed by atoms with van der Waals surface area (Å²) >= 11 is 6.11. The number of aromatic nitrogens is 2. The van der Waals surface area contributed by atoms with Crippen molar-refractivity contribution in [2.75, 3.05) is 13.2 Å². The molecule has 1 aromatic heterocycles. The van der Waals surface area contributed by atoms with Crippen LogP contribution in [0.25, 0.3) is 11.0 Å². The van der Waals surface area contributed by atoms with Crippen molar-refractivity contribution in [3.8, 4) is 5.75 Å². The second kappa shape index (κ2) is 13.3. The predicted octanol–water partition coefficient (Wildman–Crippen LogP) is 7.31. The number of rotatable bonds is 13. The molecule has 0 aliphatic heterocycles. The number of halogens is 1. The fraction of sp³-hybridized carbons (Fsp3) is 0.355. The average Bonchev–Trinajstić information content (AvgIpc) is 3.25. The number of hydrogen-bond donors (Lipinski definition) is 1. The third-order valence-electron chi connectivity index (χ3n) is 6.80. The highest BCUT2D eigenvalue weighted by atomic mass is 35.5. The van der Waals surface area contributed by atoms with E-state index in [9.17, 15) is 4.79 Å². The Bertz CT molecular complexity index is 1330. The van der Waals surface area contributed by atoms with E-state index in [1.807, 2.05) is 30.3 Å². The van der Waals surface area contributed by atoms with Crippen molar-refractivity contribution < 1.29 is 9.53 Å². The molecule has 0 saturated heterocycles. The zero-order chi connectivity index (χ0) is 26.0. The average molecular weight is 518 g/mol. The minimum absolute atomic E-state index is 0.117. The first-order chi connectivity index (χ1) is 18.0. The van der Waals surface area contributed by atoms with Gasteiger partial charge in [-0.2, -0.15) is 0 Å². The molecule has 0 aliphatic rings. The summed E-state index contributed by atoms with van der Waals surface area (Å²) in [5.74, 6) is 2.00. The topological polar surface area (TPSA) is 56.1 Å². The summed E-state index contributed by atoms with van der Waals surface area (Å²) in [6, 6.07) is 21.7. The number of benzene rings is 3. The second-order valence-electron chi connectivity index (χ2n) is 9.47. The zero-order valence-corrected chi connectivity index (χ0v) is 22.6. The lowest BCUT2D eigenvalue weighted by atomic mass is 10.1. The van der Waals surface area contributed by atoms with E-state index in [-0.39, 0.29) is 5.91 Å². The van der Waals surface area contributed by atoms with Gasteiger partial charge < -0.3 is 14.6 Å². The largest absolute Gasteiger partial charge is 0.493 e. The highest BCUT2D eigenvalue weighted by Gasteiger charge is 2.11. The molecular weight excluding hydrogens is 482 g/mol. The summed E-state index contributed by atoms with van der Waals surface area (Å²) in [7, 11) is 0. The van der Waals surface area contributed by atoms with Crippen LogP contribution < -0.4 is 10.1 Å². The van der Waals surface area contributed by atoms with Gasteiger partial charge in [0.25, 0.3) is 5.91 Å². The Labute approximate surface area is 224 Å². The molecule has 0 spiro atoms. The van der Waals surface area contributed by atoms with E-state index in [4.69, 9.17) is 21.3 Å². The van der Waals surface area contributed by atoms with Gasteiger partial charge in [-0.15, -0.1) is 0 Å². The Morgan fingerprint density at radius 3 is 2.59 bits per heavy atom.